The topological polar surface area (TPSA) is 96.3 Å². The molecule has 2 bridgehead atoms. The van der Waals surface area contributed by atoms with Crippen LogP contribution in [0.2, 0.25) is 0 Å². The lowest BCUT2D eigenvalue weighted by Gasteiger charge is -2.36. The first-order chi connectivity index (χ1) is 12.5. The number of benzene rings is 1. The zero-order valence-electron chi connectivity index (χ0n) is 14.7. The molecule has 4 atom stereocenters. The van der Waals surface area contributed by atoms with Crippen LogP contribution in [0.25, 0.3) is 0 Å². The highest BCUT2D eigenvalue weighted by Gasteiger charge is 2.42. The summed E-state index contributed by atoms with van der Waals surface area (Å²) in [6, 6.07) is 8.54. The first kappa shape index (κ1) is 18.1. The summed E-state index contributed by atoms with van der Waals surface area (Å²) in [5.41, 5.74) is 0.917. The highest BCUT2D eigenvalue weighted by atomic mass is 16.5. The Morgan fingerprint density at radius 3 is 2.62 bits per heavy atom. The average Bonchev–Trinajstić information content (AvgIpc) is 2.61. The van der Waals surface area contributed by atoms with Gasteiger partial charge in [-0.1, -0.05) is 12.5 Å². The Morgan fingerprint density at radius 1 is 1.27 bits per heavy atom. The highest BCUT2D eigenvalue weighted by Crippen LogP contribution is 2.40. The number of hydrogen-bond donors (Lipinski definition) is 1. The zero-order chi connectivity index (χ0) is 18.7. The van der Waals surface area contributed by atoms with Gasteiger partial charge in [-0.15, -0.1) is 0 Å². The number of fused-ring (bicyclic) bond motifs is 2. The van der Waals surface area contributed by atoms with Crippen LogP contribution >= 0.6 is 0 Å². The van der Waals surface area contributed by atoms with Gasteiger partial charge < -0.3 is 10.1 Å². The van der Waals surface area contributed by atoms with Crippen LogP contribution in [0.15, 0.2) is 24.3 Å². The molecule has 1 aromatic rings. The Balaban J connectivity index is 1.56. The van der Waals surface area contributed by atoms with Crippen molar-refractivity contribution in [2.75, 3.05) is 5.32 Å². The van der Waals surface area contributed by atoms with E-state index in [1.165, 1.54) is 6.92 Å². The van der Waals surface area contributed by atoms with E-state index in [4.69, 9.17) is 10.00 Å². The predicted octanol–water partition coefficient (Wildman–Crippen LogP) is 2.82. The number of anilines is 1. The number of nitriles is 1. The van der Waals surface area contributed by atoms with Crippen LogP contribution in [0.4, 0.5) is 5.69 Å². The number of amides is 1. The van der Waals surface area contributed by atoms with Crippen LogP contribution in [-0.2, 0) is 19.1 Å². The molecule has 6 nitrogen and oxygen atoms in total. The van der Waals surface area contributed by atoms with Crippen LogP contribution in [0, 0.1) is 29.1 Å². The molecule has 0 aromatic heterocycles. The minimum Gasteiger partial charge on any atom is -0.452 e. The number of ketones is 1. The van der Waals surface area contributed by atoms with Gasteiger partial charge in [-0.05, 0) is 50.8 Å². The third-order valence-corrected chi connectivity index (χ3v) is 5.30. The molecule has 0 saturated heterocycles. The molecule has 0 spiro atoms. The van der Waals surface area contributed by atoms with Gasteiger partial charge in [0.2, 0.25) is 0 Å². The van der Waals surface area contributed by atoms with Crippen molar-refractivity contribution in [1.29, 1.82) is 5.26 Å². The van der Waals surface area contributed by atoms with Crippen LogP contribution in [-0.4, -0.2) is 23.8 Å². The van der Waals surface area contributed by atoms with E-state index in [1.54, 1.807) is 24.3 Å². The summed E-state index contributed by atoms with van der Waals surface area (Å²) in [4.78, 5) is 36.8. The Hall–Kier alpha value is -2.68. The quantitative estimate of drug-likeness (QED) is 0.839. The molecule has 1 amide bonds. The largest absolute Gasteiger partial charge is 0.452 e. The van der Waals surface area contributed by atoms with Crippen molar-refractivity contribution in [3.05, 3.63) is 29.8 Å². The van der Waals surface area contributed by atoms with Crippen molar-refractivity contribution in [3.8, 4) is 6.07 Å². The Morgan fingerprint density at radius 2 is 1.96 bits per heavy atom. The third kappa shape index (κ3) is 3.93. The second-order valence-electron chi connectivity index (χ2n) is 7.16. The summed E-state index contributed by atoms with van der Waals surface area (Å²) in [7, 11) is 0. The van der Waals surface area contributed by atoms with Crippen molar-refractivity contribution in [1.82, 2.24) is 0 Å². The Labute approximate surface area is 152 Å². The number of carbonyl (C=O) groups excluding carboxylic acids is 3. The maximum absolute atomic E-state index is 12.4. The molecular formula is C20H22N2O4. The lowest BCUT2D eigenvalue weighted by atomic mass is 9.67. The first-order valence-electron chi connectivity index (χ1n) is 9.03. The van der Waals surface area contributed by atoms with E-state index in [2.05, 4.69) is 5.32 Å². The SMILES string of the molecule is C[C@H](OC(=O)C1C[C@H]2CCC[C@@H](C1)C2=O)C(=O)Nc1cccc(C#N)c1. The summed E-state index contributed by atoms with van der Waals surface area (Å²) in [5, 5.41) is 11.5. The molecule has 1 N–H and O–H groups in total. The number of esters is 1. The molecule has 2 aliphatic rings. The fourth-order valence-corrected chi connectivity index (χ4v) is 3.91. The van der Waals surface area contributed by atoms with Gasteiger partial charge in [0, 0.05) is 17.5 Å². The summed E-state index contributed by atoms with van der Waals surface area (Å²) in [5.74, 6) is -0.914. The summed E-state index contributed by atoms with van der Waals surface area (Å²) in [6.07, 6.45) is 2.88. The smallest absolute Gasteiger partial charge is 0.309 e. The number of Topliss-reactive ketones (excluding diaryl/α,β-unsaturated/α-hetero) is 1. The number of carbonyl (C=O) groups is 3. The summed E-state index contributed by atoms with van der Waals surface area (Å²) < 4.78 is 5.35. The van der Waals surface area contributed by atoms with E-state index >= 15 is 0 Å². The van der Waals surface area contributed by atoms with E-state index in [1.807, 2.05) is 6.07 Å². The third-order valence-electron chi connectivity index (χ3n) is 5.30. The van der Waals surface area contributed by atoms with E-state index in [9.17, 15) is 14.4 Å². The number of nitrogens with one attached hydrogen (secondary N) is 1. The highest BCUT2D eigenvalue weighted by molar-refractivity contribution is 5.95. The maximum atomic E-state index is 12.4. The fraction of sp³-hybridized carbons (Fsp3) is 0.500. The molecule has 0 aliphatic heterocycles. The predicted molar refractivity (Wildman–Crippen MR) is 93.9 cm³/mol. The van der Waals surface area contributed by atoms with Gasteiger partial charge in [0.05, 0.1) is 17.6 Å². The van der Waals surface area contributed by atoms with Crippen LogP contribution in [0.1, 0.15) is 44.6 Å². The van der Waals surface area contributed by atoms with Gasteiger partial charge in [-0.25, -0.2) is 0 Å². The lowest BCUT2D eigenvalue weighted by Crippen LogP contribution is -2.41. The zero-order valence-corrected chi connectivity index (χ0v) is 14.7. The molecule has 136 valence electrons. The van der Waals surface area contributed by atoms with Crippen molar-refractivity contribution in [2.24, 2.45) is 17.8 Å². The average molecular weight is 354 g/mol. The van der Waals surface area contributed by atoms with Crippen molar-refractivity contribution >= 4 is 23.3 Å². The first-order valence-corrected chi connectivity index (χ1v) is 9.03. The molecule has 6 heteroatoms. The van der Waals surface area contributed by atoms with Gasteiger partial charge in [-0.2, -0.15) is 5.26 Å². The molecule has 3 rings (SSSR count). The molecule has 0 radical (unpaired) electrons. The molecule has 26 heavy (non-hydrogen) atoms. The van der Waals surface area contributed by atoms with Crippen LogP contribution < -0.4 is 5.32 Å². The van der Waals surface area contributed by atoms with Crippen molar-refractivity contribution in [3.63, 3.8) is 0 Å². The number of ether oxygens (including phenoxy) is 1. The van der Waals surface area contributed by atoms with E-state index in [0.29, 0.717) is 29.9 Å². The van der Waals surface area contributed by atoms with Gasteiger partial charge in [0.1, 0.15) is 5.78 Å². The maximum Gasteiger partial charge on any atom is 0.309 e. The standard InChI is InChI=1S/C20H22N2O4/c1-12(19(24)22-17-7-2-4-13(8-17)11-21)26-20(25)16-9-14-5-3-6-15(10-16)18(14)23/h2,4,7-8,12,14-16H,3,5-6,9-10H2,1H3,(H,22,24)/t12-,14-,15+,16?/m0/s1. The fourth-order valence-electron chi connectivity index (χ4n) is 3.91. The van der Waals surface area contributed by atoms with E-state index < -0.39 is 18.0 Å². The summed E-state index contributed by atoms with van der Waals surface area (Å²) in [6.45, 7) is 1.52. The minimum atomic E-state index is -0.939. The molecular weight excluding hydrogens is 332 g/mol. The van der Waals surface area contributed by atoms with E-state index in [-0.39, 0.29) is 17.8 Å². The molecule has 1 unspecified atom stereocenters. The second kappa shape index (κ2) is 7.69. The molecule has 2 saturated carbocycles. The van der Waals surface area contributed by atoms with E-state index in [0.717, 1.165) is 19.3 Å². The number of nitrogens with zero attached hydrogens (tertiary/aromatic N) is 1. The monoisotopic (exact) mass is 354 g/mol. The number of hydrogen-bond acceptors (Lipinski definition) is 5. The van der Waals surface area contributed by atoms with Crippen LogP contribution in [0.5, 0.6) is 0 Å². The van der Waals surface area contributed by atoms with Gasteiger partial charge in [0.15, 0.2) is 6.10 Å². The molecule has 0 heterocycles. The molecule has 2 aliphatic carbocycles. The minimum absolute atomic E-state index is 0.0297. The molecule has 2 fully saturated rings. The summed E-state index contributed by atoms with van der Waals surface area (Å²) >= 11 is 0. The Kier molecular flexibility index (Phi) is 5.36. The normalized spacial score (nSPS) is 25.7. The van der Waals surface area contributed by atoms with Crippen LogP contribution in [0.3, 0.4) is 0 Å². The van der Waals surface area contributed by atoms with Gasteiger partial charge in [0.25, 0.3) is 5.91 Å². The van der Waals surface area contributed by atoms with Crippen molar-refractivity contribution < 1.29 is 19.1 Å². The van der Waals surface area contributed by atoms with Gasteiger partial charge >= 0.3 is 5.97 Å². The van der Waals surface area contributed by atoms with Gasteiger partial charge in [-0.3, -0.25) is 14.4 Å². The lowest BCUT2D eigenvalue weighted by molar-refractivity contribution is -0.161. The Bertz CT molecular complexity index is 751. The number of rotatable bonds is 4. The second-order valence-corrected chi connectivity index (χ2v) is 7.16. The molecule has 1 aromatic carbocycles. The van der Waals surface area contributed by atoms with Crippen molar-refractivity contribution in [2.45, 2.75) is 45.1 Å².